The number of sulfonamides is 1. The van der Waals surface area contributed by atoms with Crippen molar-refractivity contribution < 1.29 is 8.42 Å². The first-order valence-electron chi connectivity index (χ1n) is 7.34. The van der Waals surface area contributed by atoms with Gasteiger partial charge in [-0.15, -0.1) is 0 Å². The molecule has 0 radical (unpaired) electrons. The molecule has 2 aliphatic rings. The molecule has 18 heavy (non-hydrogen) atoms. The fourth-order valence-corrected chi connectivity index (χ4v) is 4.10. The second-order valence-corrected chi connectivity index (χ2v) is 7.60. The van der Waals surface area contributed by atoms with Crippen LogP contribution in [0, 0.1) is 5.92 Å². The average molecular weight is 274 g/mol. The van der Waals surface area contributed by atoms with Gasteiger partial charge in [0.25, 0.3) is 0 Å². The highest BCUT2D eigenvalue weighted by molar-refractivity contribution is 7.89. The van der Waals surface area contributed by atoms with E-state index in [1.807, 2.05) is 0 Å². The minimum Gasteiger partial charge on any atom is -0.313 e. The summed E-state index contributed by atoms with van der Waals surface area (Å²) >= 11 is 0. The van der Waals surface area contributed by atoms with Crippen molar-refractivity contribution in [2.75, 3.05) is 12.3 Å². The van der Waals surface area contributed by atoms with Crippen molar-refractivity contribution in [3.05, 3.63) is 0 Å². The highest BCUT2D eigenvalue weighted by Crippen LogP contribution is 2.27. The molecule has 0 saturated heterocycles. The van der Waals surface area contributed by atoms with Crippen LogP contribution < -0.4 is 10.0 Å². The normalized spacial score (nSPS) is 29.4. The van der Waals surface area contributed by atoms with Crippen LogP contribution in [-0.4, -0.2) is 32.8 Å². The molecule has 0 aromatic rings. The van der Waals surface area contributed by atoms with Gasteiger partial charge in [-0.05, 0) is 31.6 Å². The molecule has 4 nitrogen and oxygen atoms in total. The van der Waals surface area contributed by atoms with Gasteiger partial charge in [0.2, 0.25) is 10.0 Å². The van der Waals surface area contributed by atoms with Gasteiger partial charge >= 0.3 is 0 Å². The predicted molar refractivity (Wildman–Crippen MR) is 74.0 cm³/mol. The molecule has 2 atom stereocenters. The summed E-state index contributed by atoms with van der Waals surface area (Å²) in [7, 11) is -3.10. The van der Waals surface area contributed by atoms with Crippen LogP contribution in [0.2, 0.25) is 0 Å². The highest BCUT2D eigenvalue weighted by atomic mass is 32.2. The van der Waals surface area contributed by atoms with Crippen LogP contribution in [0.3, 0.4) is 0 Å². The number of nitrogens with one attached hydrogen (secondary N) is 2. The minimum absolute atomic E-state index is 0.176. The second-order valence-electron chi connectivity index (χ2n) is 5.72. The molecule has 0 heterocycles. The maximum atomic E-state index is 12.0. The third-order valence-corrected chi connectivity index (χ3v) is 5.55. The monoisotopic (exact) mass is 274 g/mol. The summed E-state index contributed by atoms with van der Waals surface area (Å²) < 4.78 is 26.9. The van der Waals surface area contributed by atoms with Gasteiger partial charge in [-0.2, -0.15) is 0 Å². The summed E-state index contributed by atoms with van der Waals surface area (Å²) in [6.45, 7) is 2.75. The van der Waals surface area contributed by atoms with E-state index in [9.17, 15) is 8.42 Å². The zero-order chi connectivity index (χ0) is 13.0. The summed E-state index contributed by atoms with van der Waals surface area (Å²) in [6.07, 6.45) is 8.07. The Morgan fingerprint density at radius 3 is 2.50 bits per heavy atom. The standard InChI is InChI=1S/C13H26N2O2S/c1-2-11-5-3-4-6-13(11)15-18(16,17)10-9-14-12-7-8-12/h11-15H,2-10H2,1H3. The number of hydrogen-bond donors (Lipinski definition) is 2. The zero-order valence-corrected chi connectivity index (χ0v) is 12.1. The van der Waals surface area contributed by atoms with Crippen LogP contribution in [-0.2, 0) is 10.0 Å². The average Bonchev–Trinajstić information content (AvgIpc) is 3.13. The topological polar surface area (TPSA) is 58.2 Å². The van der Waals surface area contributed by atoms with Crippen molar-refractivity contribution in [3.8, 4) is 0 Å². The molecule has 0 spiro atoms. The van der Waals surface area contributed by atoms with Gasteiger partial charge in [-0.25, -0.2) is 13.1 Å². The molecule has 2 N–H and O–H groups in total. The first kappa shape index (κ1) is 14.3. The van der Waals surface area contributed by atoms with Crippen LogP contribution >= 0.6 is 0 Å². The van der Waals surface area contributed by atoms with Crippen molar-refractivity contribution in [1.29, 1.82) is 0 Å². The Kier molecular flexibility index (Phi) is 5.04. The van der Waals surface area contributed by atoms with Crippen molar-refractivity contribution in [2.24, 2.45) is 5.92 Å². The lowest BCUT2D eigenvalue weighted by Crippen LogP contribution is -2.44. The van der Waals surface area contributed by atoms with E-state index < -0.39 is 10.0 Å². The fraction of sp³-hybridized carbons (Fsp3) is 1.00. The molecule has 2 aliphatic carbocycles. The SMILES string of the molecule is CCC1CCCCC1NS(=O)(=O)CCNC1CC1. The molecule has 0 amide bonds. The van der Waals surface area contributed by atoms with E-state index in [-0.39, 0.29) is 11.8 Å². The third-order valence-electron chi connectivity index (χ3n) is 4.15. The molecule has 0 aromatic carbocycles. The zero-order valence-electron chi connectivity index (χ0n) is 11.3. The summed E-state index contributed by atoms with van der Waals surface area (Å²) in [5.41, 5.74) is 0. The van der Waals surface area contributed by atoms with E-state index in [1.165, 1.54) is 25.7 Å². The molecule has 0 aliphatic heterocycles. The second kappa shape index (κ2) is 6.35. The molecule has 2 saturated carbocycles. The van der Waals surface area contributed by atoms with E-state index in [4.69, 9.17) is 0 Å². The quantitative estimate of drug-likeness (QED) is 0.742. The van der Waals surface area contributed by atoms with E-state index in [0.29, 0.717) is 18.5 Å². The Balaban J connectivity index is 1.77. The van der Waals surface area contributed by atoms with Crippen LogP contribution in [0.15, 0.2) is 0 Å². The fourth-order valence-electron chi connectivity index (χ4n) is 2.83. The molecule has 5 heteroatoms. The van der Waals surface area contributed by atoms with Crippen molar-refractivity contribution in [1.82, 2.24) is 10.0 Å². The van der Waals surface area contributed by atoms with Crippen molar-refractivity contribution in [2.45, 2.75) is 64.0 Å². The number of rotatable bonds is 7. The van der Waals surface area contributed by atoms with E-state index in [0.717, 1.165) is 19.3 Å². The highest BCUT2D eigenvalue weighted by Gasteiger charge is 2.27. The van der Waals surface area contributed by atoms with Crippen LogP contribution in [0.25, 0.3) is 0 Å². The maximum absolute atomic E-state index is 12.0. The predicted octanol–water partition coefficient (Wildman–Crippen LogP) is 1.63. The lowest BCUT2D eigenvalue weighted by molar-refractivity contribution is 0.282. The third kappa shape index (κ3) is 4.52. The maximum Gasteiger partial charge on any atom is 0.213 e. The van der Waals surface area contributed by atoms with Gasteiger partial charge < -0.3 is 5.32 Å². The van der Waals surface area contributed by atoms with Gasteiger partial charge in [0.05, 0.1) is 5.75 Å². The summed E-state index contributed by atoms with van der Waals surface area (Å²) in [4.78, 5) is 0. The summed E-state index contributed by atoms with van der Waals surface area (Å²) in [6, 6.07) is 0.757. The Morgan fingerprint density at radius 2 is 1.83 bits per heavy atom. The molecule has 2 unspecified atom stereocenters. The van der Waals surface area contributed by atoms with Gasteiger partial charge in [0, 0.05) is 18.6 Å². The first-order valence-corrected chi connectivity index (χ1v) is 8.99. The van der Waals surface area contributed by atoms with Crippen LogP contribution in [0.5, 0.6) is 0 Å². The molecular formula is C13H26N2O2S. The molecule has 0 bridgehead atoms. The van der Waals surface area contributed by atoms with Gasteiger partial charge in [-0.1, -0.05) is 26.2 Å². The molecule has 2 rings (SSSR count). The largest absolute Gasteiger partial charge is 0.313 e. The van der Waals surface area contributed by atoms with Crippen molar-refractivity contribution >= 4 is 10.0 Å². The number of hydrogen-bond acceptors (Lipinski definition) is 3. The lowest BCUT2D eigenvalue weighted by atomic mass is 9.83. The Hall–Kier alpha value is -0.130. The Labute approximate surface area is 111 Å². The molecular weight excluding hydrogens is 248 g/mol. The molecule has 2 fully saturated rings. The van der Waals surface area contributed by atoms with Gasteiger partial charge in [-0.3, -0.25) is 0 Å². The summed E-state index contributed by atoms with van der Waals surface area (Å²) in [5, 5.41) is 3.26. The van der Waals surface area contributed by atoms with Gasteiger partial charge in [0.1, 0.15) is 0 Å². The summed E-state index contributed by atoms with van der Waals surface area (Å²) in [5.74, 6) is 0.751. The van der Waals surface area contributed by atoms with Crippen LogP contribution in [0.1, 0.15) is 51.9 Å². The van der Waals surface area contributed by atoms with Gasteiger partial charge in [0.15, 0.2) is 0 Å². The molecule has 0 aromatic heterocycles. The smallest absolute Gasteiger partial charge is 0.213 e. The lowest BCUT2D eigenvalue weighted by Gasteiger charge is -2.31. The minimum atomic E-state index is -3.10. The van der Waals surface area contributed by atoms with E-state index in [1.54, 1.807) is 0 Å². The van der Waals surface area contributed by atoms with Crippen LogP contribution in [0.4, 0.5) is 0 Å². The molecule has 106 valence electrons. The van der Waals surface area contributed by atoms with E-state index in [2.05, 4.69) is 17.0 Å². The first-order chi connectivity index (χ1) is 8.61. The van der Waals surface area contributed by atoms with Crippen molar-refractivity contribution in [3.63, 3.8) is 0 Å². The Morgan fingerprint density at radius 1 is 1.11 bits per heavy atom. The van der Waals surface area contributed by atoms with E-state index >= 15 is 0 Å². The Bertz CT molecular complexity index is 352.